The molecule has 2 N–H and O–H groups in total. The van der Waals surface area contributed by atoms with Crippen molar-refractivity contribution in [1.29, 1.82) is 0 Å². The van der Waals surface area contributed by atoms with E-state index in [2.05, 4.69) is 25.8 Å². The number of hydrogen-bond acceptors (Lipinski definition) is 4. The Labute approximate surface area is 156 Å². The number of para-hydroxylation sites is 1. The van der Waals surface area contributed by atoms with Gasteiger partial charge < -0.3 is 5.32 Å². The quantitative estimate of drug-likeness (QED) is 0.571. The number of amides is 1. The number of aromatic amines is 1. The molecule has 4 aromatic rings. The summed E-state index contributed by atoms with van der Waals surface area (Å²) in [6.45, 7) is 4.58. The molecule has 1 amide bonds. The van der Waals surface area contributed by atoms with Crippen LogP contribution in [0.4, 0.5) is 5.82 Å². The summed E-state index contributed by atoms with van der Waals surface area (Å²) in [5, 5.41) is 18.3. The minimum absolute atomic E-state index is 0.172. The first-order chi connectivity index (χ1) is 13.2. The highest BCUT2D eigenvalue weighted by Gasteiger charge is 2.13. The number of rotatable bonds is 5. The molecule has 136 valence electrons. The minimum Gasteiger partial charge on any atom is -0.305 e. The van der Waals surface area contributed by atoms with E-state index in [4.69, 9.17) is 0 Å². The Kier molecular flexibility index (Phi) is 4.42. The Morgan fingerprint density at radius 2 is 1.93 bits per heavy atom. The van der Waals surface area contributed by atoms with Gasteiger partial charge in [-0.3, -0.25) is 9.89 Å². The van der Waals surface area contributed by atoms with Crippen LogP contribution in [0.1, 0.15) is 34.1 Å². The van der Waals surface area contributed by atoms with Crippen molar-refractivity contribution < 1.29 is 4.79 Å². The fourth-order valence-corrected chi connectivity index (χ4v) is 3.14. The molecule has 0 fully saturated rings. The molecule has 0 radical (unpaired) electrons. The van der Waals surface area contributed by atoms with E-state index in [1.807, 2.05) is 67.1 Å². The summed E-state index contributed by atoms with van der Waals surface area (Å²) in [5.74, 6) is 0.423. The lowest BCUT2D eigenvalue weighted by Gasteiger charge is -2.06. The number of H-pyrrole nitrogens is 1. The van der Waals surface area contributed by atoms with Crippen LogP contribution >= 0.6 is 0 Å². The van der Waals surface area contributed by atoms with E-state index in [0.29, 0.717) is 17.9 Å². The number of anilines is 1. The Morgan fingerprint density at radius 1 is 1.15 bits per heavy atom. The number of hydrogen-bond donors (Lipinski definition) is 2. The van der Waals surface area contributed by atoms with Crippen LogP contribution in [0.5, 0.6) is 0 Å². The first-order valence-corrected chi connectivity index (χ1v) is 8.88. The zero-order valence-electron chi connectivity index (χ0n) is 15.2. The largest absolute Gasteiger partial charge is 0.305 e. The summed E-state index contributed by atoms with van der Waals surface area (Å²) in [6.07, 6.45) is 0.808. The highest BCUT2D eigenvalue weighted by molar-refractivity contribution is 6.04. The molecule has 0 bridgehead atoms. The average molecular weight is 360 g/mol. The summed E-state index contributed by atoms with van der Waals surface area (Å²) < 4.78 is 1.85. The summed E-state index contributed by atoms with van der Waals surface area (Å²) >= 11 is 0. The van der Waals surface area contributed by atoms with E-state index >= 15 is 0 Å². The van der Waals surface area contributed by atoms with Crippen molar-refractivity contribution in [1.82, 2.24) is 25.2 Å². The predicted octanol–water partition coefficient (Wildman–Crippen LogP) is 3.33. The molecule has 0 saturated carbocycles. The fourth-order valence-electron chi connectivity index (χ4n) is 3.14. The molecule has 7 heteroatoms. The van der Waals surface area contributed by atoms with Gasteiger partial charge in [0.2, 0.25) is 0 Å². The zero-order chi connectivity index (χ0) is 18.8. The second-order valence-corrected chi connectivity index (χ2v) is 6.42. The van der Waals surface area contributed by atoms with E-state index in [1.165, 1.54) is 0 Å². The van der Waals surface area contributed by atoms with Gasteiger partial charge in [0.25, 0.3) is 5.91 Å². The Balaban J connectivity index is 1.49. The van der Waals surface area contributed by atoms with Crippen LogP contribution in [0, 0.1) is 6.92 Å². The Bertz CT molecular complexity index is 1090. The second-order valence-electron chi connectivity index (χ2n) is 6.42. The van der Waals surface area contributed by atoms with Gasteiger partial charge in [-0.1, -0.05) is 36.4 Å². The maximum Gasteiger partial charge on any atom is 0.256 e. The summed E-state index contributed by atoms with van der Waals surface area (Å²) in [5.41, 5.74) is 5.49. The highest BCUT2D eigenvalue weighted by Crippen LogP contribution is 2.18. The molecule has 0 unspecified atom stereocenters. The smallest absolute Gasteiger partial charge is 0.256 e. The van der Waals surface area contributed by atoms with Gasteiger partial charge in [-0.25, -0.2) is 4.68 Å². The molecule has 2 heterocycles. The van der Waals surface area contributed by atoms with Crippen LogP contribution in [0.15, 0.2) is 48.5 Å². The van der Waals surface area contributed by atoms with Crippen LogP contribution < -0.4 is 5.32 Å². The maximum atomic E-state index is 12.5. The van der Waals surface area contributed by atoms with Crippen LogP contribution in [0.3, 0.4) is 0 Å². The van der Waals surface area contributed by atoms with Crippen molar-refractivity contribution >= 4 is 22.8 Å². The average Bonchev–Trinajstić information content (AvgIpc) is 3.26. The highest BCUT2D eigenvalue weighted by atomic mass is 16.1. The molecule has 4 rings (SSSR count). The van der Waals surface area contributed by atoms with Gasteiger partial charge in [0.15, 0.2) is 5.82 Å². The SMILES string of the molecule is CCc1c(NC(=O)c2ccc(Cn3nnc4ccccc43)cc2)n[nH]c1C. The van der Waals surface area contributed by atoms with E-state index in [-0.39, 0.29) is 5.91 Å². The topological polar surface area (TPSA) is 88.5 Å². The number of benzene rings is 2. The first kappa shape index (κ1) is 17.0. The van der Waals surface area contributed by atoms with Crippen molar-refractivity contribution in [2.45, 2.75) is 26.8 Å². The first-order valence-electron chi connectivity index (χ1n) is 8.88. The van der Waals surface area contributed by atoms with Gasteiger partial charge in [0, 0.05) is 16.8 Å². The lowest BCUT2D eigenvalue weighted by atomic mass is 10.1. The van der Waals surface area contributed by atoms with Gasteiger partial charge in [-0.2, -0.15) is 5.10 Å². The molecule has 0 atom stereocenters. The minimum atomic E-state index is -0.172. The third-order valence-electron chi connectivity index (χ3n) is 4.63. The van der Waals surface area contributed by atoms with Gasteiger partial charge in [-0.15, -0.1) is 5.10 Å². The molecule has 0 aliphatic rings. The van der Waals surface area contributed by atoms with E-state index < -0.39 is 0 Å². The number of fused-ring (bicyclic) bond motifs is 1. The number of carbonyl (C=O) groups excluding carboxylic acids is 1. The van der Waals surface area contributed by atoms with E-state index in [9.17, 15) is 4.79 Å². The van der Waals surface area contributed by atoms with Crippen molar-refractivity contribution in [3.63, 3.8) is 0 Å². The third-order valence-corrected chi connectivity index (χ3v) is 4.63. The second kappa shape index (κ2) is 7.03. The Morgan fingerprint density at radius 3 is 2.70 bits per heavy atom. The number of aryl methyl sites for hydroxylation is 1. The van der Waals surface area contributed by atoms with Gasteiger partial charge >= 0.3 is 0 Å². The number of aromatic nitrogens is 5. The van der Waals surface area contributed by atoms with E-state index in [0.717, 1.165) is 34.3 Å². The molecule has 0 aliphatic heterocycles. The monoisotopic (exact) mass is 360 g/mol. The molecule has 2 aromatic carbocycles. The molecule has 7 nitrogen and oxygen atoms in total. The van der Waals surface area contributed by atoms with Crippen molar-refractivity contribution in [3.8, 4) is 0 Å². The van der Waals surface area contributed by atoms with Gasteiger partial charge in [-0.05, 0) is 43.2 Å². The molecule has 27 heavy (non-hydrogen) atoms. The van der Waals surface area contributed by atoms with Crippen LogP contribution in [0.25, 0.3) is 11.0 Å². The van der Waals surface area contributed by atoms with Crippen molar-refractivity contribution in [2.24, 2.45) is 0 Å². The summed E-state index contributed by atoms with van der Waals surface area (Å²) in [6, 6.07) is 15.3. The normalized spacial score (nSPS) is 11.0. The number of carbonyl (C=O) groups is 1. The van der Waals surface area contributed by atoms with Gasteiger partial charge in [0.05, 0.1) is 12.1 Å². The molecule has 0 spiro atoms. The lowest BCUT2D eigenvalue weighted by Crippen LogP contribution is -2.13. The number of nitrogens with zero attached hydrogens (tertiary/aromatic N) is 4. The number of nitrogens with one attached hydrogen (secondary N) is 2. The zero-order valence-corrected chi connectivity index (χ0v) is 15.2. The molecule has 0 saturated heterocycles. The van der Waals surface area contributed by atoms with Gasteiger partial charge in [0.1, 0.15) is 5.52 Å². The fraction of sp³-hybridized carbons (Fsp3) is 0.200. The van der Waals surface area contributed by atoms with Crippen molar-refractivity contribution in [2.75, 3.05) is 5.32 Å². The van der Waals surface area contributed by atoms with Crippen LogP contribution in [0.2, 0.25) is 0 Å². The lowest BCUT2D eigenvalue weighted by molar-refractivity contribution is 0.102. The van der Waals surface area contributed by atoms with Crippen molar-refractivity contribution in [3.05, 3.63) is 70.9 Å². The molecular weight excluding hydrogens is 340 g/mol. The molecule has 0 aliphatic carbocycles. The van der Waals surface area contributed by atoms with Crippen LogP contribution in [-0.2, 0) is 13.0 Å². The van der Waals surface area contributed by atoms with Crippen LogP contribution in [-0.4, -0.2) is 31.1 Å². The molecular formula is C20H20N6O. The van der Waals surface area contributed by atoms with E-state index in [1.54, 1.807) is 0 Å². The summed E-state index contributed by atoms with van der Waals surface area (Å²) in [4.78, 5) is 12.5. The summed E-state index contributed by atoms with van der Waals surface area (Å²) in [7, 11) is 0. The standard InChI is InChI=1S/C20H20N6O/c1-3-16-13(2)22-24-19(16)21-20(27)15-10-8-14(9-11-15)12-26-18-7-5-4-6-17(18)23-25-26/h4-11H,3,12H2,1-2H3,(H2,21,22,24,27). The third kappa shape index (κ3) is 3.31. The maximum absolute atomic E-state index is 12.5. The predicted molar refractivity (Wildman–Crippen MR) is 104 cm³/mol. The Hall–Kier alpha value is -3.48. The molecule has 2 aromatic heterocycles.